The van der Waals surface area contributed by atoms with Crippen molar-refractivity contribution in [3.63, 3.8) is 0 Å². The average Bonchev–Trinajstić information content (AvgIpc) is 2.87. The van der Waals surface area contributed by atoms with Gasteiger partial charge in [-0.05, 0) is 56.1 Å². The first-order valence-electron chi connectivity index (χ1n) is 8.32. The molecule has 0 radical (unpaired) electrons. The van der Waals surface area contributed by atoms with Crippen molar-refractivity contribution in [1.82, 2.24) is 15.2 Å². The molecule has 1 saturated heterocycles. The maximum atomic E-state index is 4.51. The van der Waals surface area contributed by atoms with Crippen molar-refractivity contribution in [2.24, 2.45) is 10.8 Å². The normalized spacial score (nSPS) is 24.7. The third kappa shape index (κ3) is 3.85. The molecule has 1 saturated carbocycles. The van der Waals surface area contributed by atoms with Crippen molar-refractivity contribution < 1.29 is 0 Å². The Morgan fingerprint density at radius 3 is 2.76 bits per heavy atom. The van der Waals surface area contributed by atoms with E-state index in [-0.39, 0.29) is 0 Å². The first-order valence-corrected chi connectivity index (χ1v) is 9.20. The Balaban J connectivity index is 1.64. The van der Waals surface area contributed by atoms with Crippen LogP contribution in [0.15, 0.2) is 11.6 Å². The molecule has 1 spiro atoms. The van der Waals surface area contributed by atoms with Crippen LogP contribution < -0.4 is 5.32 Å². The van der Waals surface area contributed by atoms with E-state index in [0.29, 0.717) is 10.8 Å². The van der Waals surface area contributed by atoms with Gasteiger partial charge >= 0.3 is 0 Å². The number of thiazole rings is 1. The Morgan fingerprint density at radius 1 is 1.38 bits per heavy atom. The lowest BCUT2D eigenvalue weighted by atomic mass is 9.91. The van der Waals surface area contributed by atoms with Crippen LogP contribution in [0.25, 0.3) is 0 Å². The first kappa shape index (κ1) is 15.4. The van der Waals surface area contributed by atoms with Crippen LogP contribution in [0.1, 0.15) is 51.5 Å². The predicted molar refractivity (Wildman–Crippen MR) is 89.5 cm³/mol. The van der Waals surface area contributed by atoms with Crippen molar-refractivity contribution in [2.45, 2.75) is 59.0 Å². The van der Waals surface area contributed by atoms with Gasteiger partial charge < -0.3 is 5.32 Å². The number of piperidine rings is 1. The van der Waals surface area contributed by atoms with Crippen LogP contribution in [0.5, 0.6) is 0 Å². The van der Waals surface area contributed by atoms with E-state index in [4.69, 9.17) is 0 Å². The van der Waals surface area contributed by atoms with Crippen molar-refractivity contribution in [2.75, 3.05) is 19.6 Å². The molecule has 1 aliphatic carbocycles. The Labute approximate surface area is 133 Å². The zero-order valence-corrected chi connectivity index (χ0v) is 14.5. The molecule has 2 fully saturated rings. The third-order valence-electron chi connectivity index (χ3n) is 5.16. The highest BCUT2D eigenvalue weighted by Gasteiger charge is 2.56. The maximum Gasteiger partial charge on any atom is 0.107 e. The molecule has 1 aliphatic heterocycles. The van der Waals surface area contributed by atoms with Crippen LogP contribution in [0, 0.1) is 10.8 Å². The number of aromatic nitrogens is 1. The van der Waals surface area contributed by atoms with Gasteiger partial charge in [0.2, 0.25) is 0 Å². The highest BCUT2D eigenvalue weighted by Crippen LogP contribution is 2.56. The molecular formula is C17H29N3S. The molecule has 118 valence electrons. The number of rotatable bonds is 5. The van der Waals surface area contributed by atoms with Gasteiger partial charge in [-0.25, -0.2) is 4.98 Å². The van der Waals surface area contributed by atoms with Crippen molar-refractivity contribution >= 4 is 11.3 Å². The quantitative estimate of drug-likeness (QED) is 0.902. The van der Waals surface area contributed by atoms with Crippen molar-refractivity contribution in [3.05, 3.63) is 16.6 Å². The molecule has 21 heavy (non-hydrogen) atoms. The summed E-state index contributed by atoms with van der Waals surface area (Å²) in [6, 6.07) is 0.797. The van der Waals surface area contributed by atoms with Crippen LogP contribution in [-0.4, -0.2) is 35.6 Å². The van der Waals surface area contributed by atoms with Gasteiger partial charge in [0.15, 0.2) is 0 Å². The second-order valence-corrected chi connectivity index (χ2v) is 9.02. The van der Waals surface area contributed by atoms with Crippen LogP contribution in [-0.2, 0) is 6.54 Å². The molecule has 3 rings (SSSR count). The van der Waals surface area contributed by atoms with E-state index >= 15 is 0 Å². The fourth-order valence-electron chi connectivity index (χ4n) is 3.63. The average molecular weight is 308 g/mol. The molecular weight excluding hydrogens is 278 g/mol. The highest BCUT2D eigenvalue weighted by atomic mass is 32.1. The second kappa shape index (κ2) is 5.98. The number of nitrogens with zero attached hydrogens (tertiary/aromatic N) is 2. The van der Waals surface area contributed by atoms with E-state index in [0.717, 1.165) is 12.6 Å². The molecule has 1 unspecified atom stereocenters. The van der Waals surface area contributed by atoms with Gasteiger partial charge in [-0.15, -0.1) is 11.3 Å². The topological polar surface area (TPSA) is 28.2 Å². The smallest absolute Gasteiger partial charge is 0.107 e. The summed E-state index contributed by atoms with van der Waals surface area (Å²) in [5, 5.41) is 6.89. The Kier molecular flexibility index (Phi) is 4.40. The van der Waals surface area contributed by atoms with Gasteiger partial charge in [0.25, 0.3) is 0 Å². The summed E-state index contributed by atoms with van der Waals surface area (Å²) in [6.07, 6.45) is 7.34. The highest BCUT2D eigenvalue weighted by molar-refractivity contribution is 7.09. The van der Waals surface area contributed by atoms with Crippen LogP contribution in [0.2, 0.25) is 0 Å². The molecule has 1 N–H and O–H groups in total. The Bertz CT molecular complexity index is 443. The van der Waals surface area contributed by atoms with E-state index in [1.807, 2.05) is 6.20 Å². The van der Waals surface area contributed by atoms with E-state index in [1.54, 1.807) is 11.3 Å². The Morgan fingerprint density at radius 2 is 2.14 bits per heavy atom. The maximum absolute atomic E-state index is 4.51. The van der Waals surface area contributed by atoms with Crippen molar-refractivity contribution in [3.8, 4) is 0 Å². The summed E-state index contributed by atoms with van der Waals surface area (Å²) in [7, 11) is 0. The van der Waals surface area contributed by atoms with Gasteiger partial charge in [0.1, 0.15) is 5.01 Å². The minimum Gasteiger partial charge on any atom is -0.317 e. The molecule has 2 heterocycles. The SMILES string of the molecule is CC(C)(C)CCN(Cc1nccs1)C1CC12CCNCC2. The third-order valence-corrected chi connectivity index (χ3v) is 5.92. The largest absolute Gasteiger partial charge is 0.317 e. The van der Waals surface area contributed by atoms with Gasteiger partial charge in [-0.3, -0.25) is 4.90 Å². The summed E-state index contributed by atoms with van der Waals surface area (Å²) in [5.74, 6) is 0. The summed E-state index contributed by atoms with van der Waals surface area (Å²) in [6.45, 7) is 11.7. The molecule has 1 atom stereocenters. The fourth-order valence-corrected chi connectivity index (χ4v) is 4.27. The van der Waals surface area contributed by atoms with Gasteiger partial charge in [0.05, 0.1) is 6.54 Å². The van der Waals surface area contributed by atoms with E-state index in [1.165, 1.54) is 50.3 Å². The zero-order valence-electron chi connectivity index (χ0n) is 13.7. The number of hydrogen-bond donors (Lipinski definition) is 1. The van der Waals surface area contributed by atoms with E-state index < -0.39 is 0 Å². The molecule has 1 aromatic rings. The first-order chi connectivity index (χ1) is 9.99. The monoisotopic (exact) mass is 307 g/mol. The molecule has 4 heteroatoms. The van der Waals surface area contributed by atoms with Crippen LogP contribution in [0.3, 0.4) is 0 Å². The van der Waals surface area contributed by atoms with E-state index in [2.05, 4.69) is 41.4 Å². The summed E-state index contributed by atoms with van der Waals surface area (Å²) in [5.41, 5.74) is 1.04. The molecule has 1 aromatic heterocycles. The van der Waals surface area contributed by atoms with Crippen LogP contribution >= 0.6 is 11.3 Å². The lowest BCUT2D eigenvalue weighted by Gasteiger charge is -2.31. The predicted octanol–water partition coefficient (Wildman–Crippen LogP) is 3.52. The summed E-state index contributed by atoms with van der Waals surface area (Å²) >= 11 is 1.80. The van der Waals surface area contributed by atoms with E-state index in [9.17, 15) is 0 Å². The molecule has 2 aliphatic rings. The standard InChI is InChI=1S/C17H29N3S/c1-16(2,3)6-10-20(13-15-19-9-11-21-15)14-12-17(14)4-7-18-8-5-17/h9,11,14,18H,4-8,10,12-13H2,1-3H3. The summed E-state index contributed by atoms with van der Waals surface area (Å²) < 4.78 is 0. The molecule has 0 bridgehead atoms. The minimum atomic E-state index is 0.414. The van der Waals surface area contributed by atoms with Crippen molar-refractivity contribution in [1.29, 1.82) is 0 Å². The molecule has 0 aromatic carbocycles. The zero-order chi connectivity index (χ0) is 14.9. The lowest BCUT2D eigenvalue weighted by Crippen LogP contribution is -2.37. The number of nitrogens with one attached hydrogen (secondary N) is 1. The Hall–Kier alpha value is -0.450. The van der Waals surface area contributed by atoms with Gasteiger partial charge in [-0.2, -0.15) is 0 Å². The summed E-state index contributed by atoms with van der Waals surface area (Å²) in [4.78, 5) is 7.24. The lowest BCUT2D eigenvalue weighted by molar-refractivity contribution is 0.171. The molecule has 3 nitrogen and oxygen atoms in total. The van der Waals surface area contributed by atoms with Gasteiger partial charge in [-0.1, -0.05) is 20.8 Å². The molecule has 0 amide bonds. The van der Waals surface area contributed by atoms with Gasteiger partial charge in [0, 0.05) is 17.6 Å². The number of hydrogen-bond acceptors (Lipinski definition) is 4. The second-order valence-electron chi connectivity index (χ2n) is 8.04. The minimum absolute atomic E-state index is 0.414. The van der Waals surface area contributed by atoms with Crippen LogP contribution in [0.4, 0.5) is 0 Å². The fraction of sp³-hybridized carbons (Fsp3) is 0.824.